The van der Waals surface area contributed by atoms with Crippen LogP contribution < -0.4 is 10.7 Å². The minimum absolute atomic E-state index is 0.239. The van der Waals surface area contributed by atoms with Crippen molar-refractivity contribution in [3.63, 3.8) is 0 Å². The third kappa shape index (κ3) is 1.23. The highest BCUT2D eigenvalue weighted by molar-refractivity contribution is 5.43. The maximum Gasteiger partial charge on any atom is 0.255 e. The highest BCUT2D eigenvalue weighted by atomic mass is 16.6. The van der Waals surface area contributed by atoms with Crippen molar-refractivity contribution in [2.45, 2.75) is 19.3 Å². The van der Waals surface area contributed by atoms with Crippen LogP contribution in [-0.4, -0.2) is 4.98 Å². The van der Waals surface area contributed by atoms with Crippen LogP contribution in [0, 0.1) is 11.3 Å². The van der Waals surface area contributed by atoms with E-state index in [0.717, 1.165) is 30.5 Å². The number of aryl methyl sites for hydroxylation is 2. The topological polar surface area (TPSA) is 71.9 Å². The monoisotopic (exact) mass is 175 g/mol. The molecule has 0 saturated carbocycles. The van der Waals surface area contributed by atoms with Crippen LogP contribution in [0.2, 0.25) is 0 Å². The predicted octanol–water partition coefficient (Wildman–Crippen LogP) is 0.694. The third-order valence-corrected chi connectivity index (χ3v) is 2.25. The number of rotatable bonds is 1. The average molecular weight is 175 g/mol. The molecule has 0 spiro atoms. The van der Waals surface area contributed by atoms with Crippen LogP contribution >= 0.6 is 0 Å². The van der Waals surface area contributed by atoms with Gasteiger partial charge in [0.15, 0.2) is 0 Å². The van der Waals surface area contributed by atoms with Crippen LogP contribution in [-0.2, 0) is 12.8 Å². The van der Waals surface area contributed by atoms with Gasteiger partial charge in [-0.15, -0.1) is 0 Å². The normalized spacial score (nSPS) is 13.5. The van der Waals surface area contributed by atoms with E-state index in [0.29, 0.717) is 5.56 Å². The molecule has 1 heterocycles. The van der Waals surface area contributed by atoms with Crippen LogP contribution in [0.4, 0.5) is 0 Å². The molecule has 0 aromatic carbocycles. The Hall–Kier alpha value is -1.60. The first-order valence-electron chi connectivity index (χ1n) is 4.15. The Bertz CT molecular complexity index is 381. The van der Waals surface area contributed by atoms with E-state index in [9.17, 15) is 0 Å². The quantitative estimate of drug-likeness (QED) is 0.637. The molecular formula is C9H9N3O. The van der Waals surface area contributed by atoms with Gasteiger partial charge in [0.1, 0.15) is 11.6 Å². The van der Waals surface area contributed by atoms with Crippen molar-refractivity contribution in [2.24, 2.45) is 5.90 Å². The number of aromatic nitrogens is 1. The Morgan fingerprint density at radius 1 is 1.54 bits per heavy atom. The lowest BCUT2D eigenvalue weighted by molar-refractivity contribution is 0.319. The average Bonchev–Trinajstić information content (AvgIpc) is 2.62. The number of nitriles is 1. The number of fused-ring (bicyclic) bond motifs is 1. The van der Waals surface area contributed by atoms with Gasteiger partial charge in [0.05, 0.1) is 0 Å². The fourth-order valence-electron chi connectivity index (χ4n) is 1.62. The van der Waals surface area contributed by atoms with Gasteiger partial charge in [0.25, 0.3) is 5.88 Å². The second-order valence-electron chi connectivity index (χ2n) is 3.03. The molecule has 0 amide bonds. The zero-order valence-electron chi connectivity index (χ0n) is 7.08. The van der Waals surface area contributed by atoms with Crippen molar-refractivity contribution in [3.05, 3.63) is 22.9 Å². The molecule has 1 aliphatic rings. The standard InChI is InChI=1S/C9H9N3O/c10-5-7-4-6-2-1-3-8(6)12-9(7)13-11/h4H,1-3,11H2. The lowest BCUT2D eigenvalue weighted by atomic mass is 10.1. The molecule has 0 bridgehead atoms. The maximum absolute atomic E-state index is 8.76. The van der Waals surface area contributed by atoms with Gasteiger partial charge in [0, 0.05) is 5.69 Å². The molecule has 2 rings (SSSR count). The lowest BCUT2D eigenvalue weighted by Gasteiger charge is -2.03. The Morgan fingerprint density at radius 2 is 2.38 bits per heavy atom. The van der Waals surface area contributed by atoms with Gasteiger partial charge < -0.3 is 4.84 Å². The molecule has 1 aromatic rings. The van der Waals surface area contributed by atoms with Crippen LogP contribution in [0.5, 0.6) is 5.88 Å². The fraction of sp³-hybridized carbons (Fsp3) is 0.333. The van der Waals surface area contributed by atoms with Gasteiger partial charge in [-0.1, -0.05) is 0 Å². The fourth-order valence-corrected chi connectivity index (χ4v) is 1.62. The van der Waals surface area contributed by atoms with E-state index in [1.54, 1.807) is 0 Å². The number of nitrogens with zero attached hydrogens (tertiary/aromatic N) is 2. The molecule has 13 heavy (non-hydrogen) atoms. The molecule has 0 fully saturated rings. The van der Waals surface area contributed by atoms with Crippen molar-refractivity contribution >= 4 is 0 Å². The number of hydrogen-bond acceptors (Lipinski definition) is 4. The highest BCUT2D eigenvalue weighted by Crippen LogP contribution is 2.25. The van der Waals surface area contributed by atoms with Crippen LogP contribution in [0.15, 0.2) is 6.07 Å². The minimum atomic E-state index is 0.239. The molecule has 0 unspecified atom stereocenters. The number of pyridine rings is 1. The zero-order chi connectivity index (χ0) is 9.26. The second-order valence-corrected chi connectivity index (χ2v) is 3.03. The van der Waals surface area contributed by atoms with Crippen LogP contribution in [0.3, 0.4) is 0 Å². The molecule has 0 saturated heterocycles. The van der Waals surface area contributed by atoms with Gasteiger partial charge >= 0.3 is 0 Å². The molecule has 2 N–H and O–H groups in total. The molecule has 0 radical (unpaired) electrons. The molecule has 1 aliphatic carbocycles. The summed E-state index contributed by atoms with van der Waals surface area (Å²) in [5.41, 5.74) is 2.58. The first-order chi connectivity index (χ1) is 6.35. The van der Waals surface area contributed by atoms with Gasteiger partial charge in [-0.2, -0.15) is 11.2 Å². The summed E-state index contributed by atoms with van der Waals surface area (Å²) in [6.07, 6.45) is 3.06. The van der Waals surface area contributed by atoms with Crippen molar-refractivity contribution in [2.75, 3.05) is 0 Å². The van der Waals surface area contributed by atoms with E-state index in [2.05, 4.69) is 9.82 Å². The van der Waals surface area contributed by atoms with Gasteiger partial charge in [0.2, 0.25) is 0 Å². The summed E-state index contributed by atoms with van der Waals surface area (Å²) in [6, 6.07) is 3.83. The van der Waals surface area contributed by atoms with E-state index in [1.807, 2.05) is 12.1 Å². The van der Waals surface area contributed by atoms with E-state index < -0.39 is 0 Å². The van der Waals surface area contributed by atoms with Crippen molar-refractivity contribution in [1.82, 2.24) is 4.98 Å². The summed E-state index contributed by atoms with van der Waals surface area (Å²) in [6.45, 7) is 0. The van der Waals surface area contributed by atoms with E-state index in [1.165, 1.54) is 0 Å². The van der Waals surface area contributed by atoms with E-state index >= 15 is 0 Å². The van der Waals surface area contributed by atoms with Crippen molar-refractivity contribution < 1.29 is 4.84 Å². The van der Waals surface area contributed by atoms with Gasteiger partial charge in [-0.3, -0.25) is 0 Å². The smallest absolute Gasteiger partial charge is 0.255 e. The highest BCUT2D eigenvalue weighted by Gasteiger charge is 2.16. The lowest BCUT2D eigenvalue weighted by Crippen LogP contribution is -2.07. The predicted molar refractivity (Wildman–Crippen MR) is 45.8 cm³/mol. The number of nitrogens with two attached hydrogens (primary N) is 1. The van der Waals surface area contributed by atoms with Crippen molar-refractivity contribution in [3.8, 4) is 11.9 Å². The molecule has 1 aromatic heterocycles. The SMILES string of the molecule is N#Cc1cc2c(nc1ON)CCC2. The van der Waals surface area contributed by atoms with Gasteiger partial charge in [-0.25, -0.2) is 4.98 Å². The summed E-state index contributed by atoms with van der Waals surface area (Å²) < 4.78 is 0. The summed E-state index contributed by atoms with van der Waals surface area (Å²) >= 11 is 0. The maximum atomic E-state index is 8.76. The minimum Gasteiger partial charge on any atom is -0.390 e. The Kier molecular flexibility index (Phi) is 1.87. The first-order valence-corrected chi connectivity index (χ1v) is 4.15. The van der Waals surface area contributed by atoms with Crippen molar-refractivity contribution in [1.29, 1.82) is 5.26 Å². The molecule has 0 atom stereocenters. The van der Waals surface area contributed by atoms with E-state index in [4.69, 9.17) is 11.2 Å². The molecule has 0 aliphatic heterocycles. The van der Waals surface area contributed by atoms with Gasteiger partial charge in [-0.05, 0) is 30.9 Å². The molecule has 66 valence electrons. The van der Waals surface area contributed by atoms with Crippen LogP contribution in [0.1, 0.15) is 23.2 Å². The largest absolute Gasteiger partial charge is 0.390 e. The summed E-state index contributed by atoms with van der Waals surface area (Å²) in [7, 11) is 0. The Balaban J connectivity index is 2.55. The third-order valence-electron chi connectivity index (χ3n) is 2.25. The summed E-state index contributed by atoms with van der Waals surface area (Å²) in [5, 5.41) is 8.76. The Morgan fingerprint density at radius 3 is 3.08 bits per heavy atom. The molecule has 4 nitrogen and oxygen atoms in total. The zero-order valence-corrected chi connectivity index (χ0v) is 7.08. The first kappa shape index (κ1) is 8.02. The van der Waals surface area contributed by atoms with E-state index in [-0.39, 0.29) is 5.88 Å². The molecule has 4 heteroatoms. The Labute approximate surface area is 75.9 Å². The second kappa shape index (κ2) is 3.04. The summed E-state index contributed by atoms with van der Waals surface area (Å²) in [5.74, 6) is 5.25. The van der Waals surface area contributed by atoms with Crippen LogP contribution in [0.25, 0.3) is 0 Å². The number of hydrogen-bond donors (Lipinski definition) is 1. The summed E-state index contributed by atoms with van der Waals surface area (Å²) in [4.78, 5) is 8.70. The molecular weight excluding hydrogens is 166 g/mol.